The van der Waals surface area contributed by atoms with E-state index in [9.17, 15) is 0 Å². The quantitative estimate of drug-likeness (QED) is 0.868. The Morgan fingerprint density at radius 1 is 1.53 bits per heavy atom. The number of nitrogens with one attached hydrogen (secondary N) is 1. The molecule has 3 N–H and O–H groups in total. The molecule has 0 saturated heterocycles. The predicted molar refractivity (Wildman–Crippen MR) is 71.0 cm³/mol. The molecule has 0 aliphatic rings. The van der Waals surface area contributed by atoms with E-state index in [0.29, 0.717) is 0 Å². The molecule has 1 atom stereocenters. The van der Waals surface area contributed by atoms with Crippen molar-refractivity contribution < 1.29 is 0 Å². The van der Waals surface area contributed by atoms with Crippen LogP contribution in [0.25, 0.3) is 0 Å². The van der Waals surface area contributed by atoms with Crippen LogP contribution in [0.1, 0.15) is 22.3 Å². The van der Waals surface area contributed by atoms with E-state index in [1.807, 2.05) is 26.2 Å². The Labute approximate surface area is 105 Å². The first kappa shape index (κ1) is 12.0. The second kappa shape index (κ2) is 5.25. The lowest BCUT2D eigenvalue weighted by atomic mass is 10.0. The third-order valence-corrected chi connectivity index (χ3v) is 3.65. The highest BCUT2D eigenvalue weighted by molar-refractivity contribution is 7.09. The van der Waals surface area contributed by atoms with Crippen molar-refractivity contribution >= 4 is 17.0 Å². The number of aromatic nitrogens is 2. The minimum atomic E-state index is 0.161. The van der Waals surface area contributed by atoms with Crippen molar-refractivity contribution in [2.45, 2.75) is 19.4 Å². The lowest BCUT2D eigenvalue weighted by Gasteiger charge is -2.16. The summed E-state index contributed by atoms with van der Waals surface area (Å²) >= 11 is 1.68. The number of anilines is 1. The fourth-order valence-corrected chi connectivity index (χ4v) is 2.57. The van der Waals surface area contributed by atoms with E-state index < -0.39 is 0 Å². The summed E-state index contributed by atoms with van der Waals surface area (Å²) in [5.41, 5.74) is 8.83. The summed E-state index contributed by atoms with van der Waals surface area (Å²) in [6, 6.07) is 1.99. The van der Waals surface area contributed by atoms with Gasteiger partial charge in [0.25, 0.3) is 0 Å². The van der Waals surface area contributed by atoms with Crippen LogP contribution in [0.5, 0.6) is 0 Å². The summed E-state index contributed by atoms with van der Waals surface area (Å²) in [6.07, 6.45) is 4.36. The fraction of sp³-hybridized carbons (Fsp3) is 0.333. The summed E-state index contributed by atoms with van der Waals surface area (Å²) in [5, 5.41) is 6.44. The zero-order valence-corrected chi connectivity index (χ0v) is 10.8. The van der Waals surface area contributed by atoms with Gasteiger partial charge in [0.1, 0.15) is 0 Å². The Balaban J connectivity index is 2.20. The molecule has 17 heavy (non-hydrogen) atoms. The van der Waals surface area contributed by atoms with Gasteiger partial charge in [0.15, 0.2) is 0 Å². The van der Waals surface area contributed by atoms with Gasteiger partial charge in [0, 0.05) is 47.2 Å². The predicted octanol–water partition coefficient (Wildman–Crippen LogP) is 1.93. The van der Waals surface area contributed by atoms with Crippen LogP contribution in [-0.2, 0) is 6.42 Å². The molecule has 0 aromatic carbocycles. The van der Waals surface area contributed by atoms with Gasteiger partial charge in [-0.1, -0.05) is 0 Å². The Bertz CT molecular complexity index is 495. The summed E-state index contributed by atoms with van der Waals surface area (Å²) in [5.74, 6) is 0. The molecular weight excluding hydrogens is 232 g/mol. The fourth-order valence-electron chi connectivity index (χ4n) is 1.75. The molecule has 5 heteroatoms. The monoisotopic (exact) mass is 248 g/mol. The SMILES string of the molecule is CNC(Cc1nc(C)cs1)c1cnccc1N. The molecule has 0 aliphatic carbocycles. The van der Waals surface area contributed by atoms with Gasteiger partial charge >= 0.3 is 0 Å². The third kappa shape index (κ3) is 2.81. The average Bonchev–Trinajstić information content (AvgIpc) is 2.73. The first-order valence-electron chi connectivity index (χ1n) is 5.48. The van der Waals surface area contributed by atoms with Gasteiger partial charge in [0.05, 0.1) is 5.01 Å². The Kier molecular flexibility index (Phi) is 3.71. The van der Waals surface area contributed by atoms with E-state index in [2.05, 4.69) is 20.7 Å². The smallest absolute Gasteiger partial charge is 0.0947 e. The Morgan fingerprint density at radius 3 is 2.94 bits per heavy atom. The number of hydrogen-bond donors (Lipinski definition) is 2. The maximum atomic E-state index is 5.96. The molecule has 4 nitrogen and oxygen atoms in total. The van der Waals surface area contributed by atoms with E-state index in [4.69, 9.17) is 5.73 Å². The van der Waals surface area contributed by atoms with Crippen LogP contribution in [0, 0.1) is 6.92 Å². The van der Waals surface area contributed by atoms with Gasteiger partial charge in [0.2, 0.25) is 0 Å². The van der Waals surface area contributed by atoms with Gasteiger partial charge in [-0.3, -0.25) is 4.98 Å². The third-order valence-electron chi connectivity index (χ3n) is 2.66. The highest BCUT2D eigenvalue weighted by Gasteiger charge is 2.14. The lowest BCUT2D eigenvalue weighted by molar-refractivity contribution is 0.589. The van der Waals surface area contributed by atoms with Crippen molar-refractivity contribution in [3.63, 3.8) is 0 Å². The average molecular weight is 248 g/mol. The number of nitrogen functional groups attached to an aromatic ring is 1. The van der Waals surface area contributed by atoms with Crippen molar-refractivity contribution in [2.75, 3.05) is 12.8 Å². The second-order valence-corrected chi connectivity index (χ2v) is 4.88. The summed E-state index contributed by atoms with van der Waals surface area (Å²) in [4.78, 5) is 8.60. The number of nitrogens with two attached hydrogens (primary N) is 1. The largest absolute Gasteiger partial charge is 0.398 e. The van der Waals surface area contributed by atoms with E-state index in [0.717, 1.165) is 28.4 Å². The summed E-state index contributed by atoms with van der Waals surface area (Å²) < 4.78 is 0. The summed E-state index contributed by atoms with van der Waals surface area (Å²) in [6.45, 7) is 2.01. The zero-order chi connectivity index (χ0) is 12.3. The molecular formula is C12H16N4S. The van der Waals surface area contributed by atoms with Crippen molar-refractivity contribution in [2.24, 2.45) is 0 Å². The molecule has 0 radical (unpaired) electrons. The normalized spacial score (nSPS) is 12.6. The van der Waals surface area contributed by atoms with Crippen molar-refractivity contribution in [1.29, 1.82) is 0 Å². The van der Waals surface area contributed by atoms with E-state index in [1.165, 1.54) is 0 Å². The zero-order valence-electron chi connectivity index (χ0n) is 9.97. The van der Waals surface area contributed by atoms with Gasteiger partial charge in [-0.05, 0) is 20.0 Å². The minimum Gasteiger partial charge on any atom is -0.398 e. The number of likely N-dealkylation sites (N-methyl/N-ethyl adjacent to an activating group) is 1. The van der Waals surface area contributed by atoms with Crippen molar-refractivity contribution in [3.05, 3.63) is 40.1 Å². The summed E-state index contributed by atoms with van der Waals surface area (Å²) in [7, 11) is 1.93. The van der Waals surface area contributed by atoms with Gasteiger partial charge in [-0.25, -0.2) is 4.98 Å². The molecule has 2 aromatic rings. The van der Waals surface area contributed by atoms with Gasteiger partial charge in [-0.2, -0.15) is 0 Å². The van der Waals surface area contributed by atoms with Crippen molar-refractivity contribution in [3.8, 4) is 0 Å². The maximum Gasteiger partial charge on any atom is 0.0947 e. The van der Waals surface area contributed by atoms with Crippen LogP contribution in [0.3, 0.4) is 0 Å². The van der Waals surface area contributed by atoms with E-state index >= 15 is 0 Å². The molecule has 0 spiro atoms. The molecule has 0 saturated carbocycles. The molecule has 2 heterocycles. The van der Waals surface area contributed by atoms with Crippen LogP contribution in [-0.4, -0.2) is 17.0 Å². The van der Waals surface area contributed by atoms with Crippen LogP contribution >= 0.6 is 11.3 Å². The Hall–Kier alpha value is -1.46. The van der Waals surface area contributed by atoms with E-state index in [-0.39, 0.29) is 6.04 Å². The van der Waals surface area contributed by atoms with Crippen LogP contribution in [0.15, 0.2) is 23.8 Å². The van der Waals surface area contributed by atoms with Crippen LogP contribution < -0.4 is 11.1 Å². The number of rotatable bonds is 4. The van der Waals surface area contributed by atoms with E-state index in [1.54, 1.807) is 17.5 Å². The number of thiazole rings is 1. The highest BCUT2D eigenvalue weighted by atomic mass is 32.1. The van der Waals surface area contributed by atoms with Crippen molar-refractivity contribution in [1.82, 2.24) is 15.3 Å². The molecule has 1 unspecified atom stereocenters. The molecule has 0 bridgehead atoms. The molecule has 0 aliphatic heterocycles. The number of aryl methyl sites for hydroxylation is 1. The molecule has 0 fully saturated rings. The highest BCUT2D eigenvalue weighted by Crippen LogP contribution is 2.23. The maximum absolute atomic E-state index is 5.96. The molecule has 0 amide bonds. The minimum absolute atomic E-state index is 0.161. The molecule has 2 aromatic heterocycles. The lowest BCUT2D eigenvalue weighted by Crippen LogP contribution is -2.20. The second-order valence-electron chi connectivity index (χ2n) is 3.93. The number of nitrogens with zero attached hydrogens (tertiary/aromatic N) is 2. The van der Waals surface area contributed by atoms with Gasteiger partial charge in [-0.15, -0.1) is 11.3 Å². The number of pyridine rings is 1. The first-order chi connectivity index (χ1) is 8.20. The van der Waals surface area contributed by atoms with Gasteiger partial charge < -0.3 is 11.1 Å². The standard InChI is InChI=1S/C12H16N4S/c1-8-7-17-12(16-8)5-11(14-2)9-6-15-4-3-10(9)13/h3-4,6-7,11,14H,5H2,1-2H3,(H2,13,15). The Morgan fingerprint density at radius 2 is 2.35 bits per heavy atom. The topological polar surface area (TPSA) is 63.8 Å². The molecule has 2 rings (SSSR count). The number of hydrogen-bond acceptors (Lipinski definition) is 5. The molecule has 90 valence electrons. The van der Waals surface area contributed by atoms with Crippen LogP contribution in [0.2, 0.25) is 0 Å². The first-order valence-corrected chi connectivity index (χ1v) is 6.36. The van der Waals surface area contributed by atoms with Crippen LogP contribution in [0.4, 0.5) is 5.69 Å².